The molecule has 1 fully saturated rings. The van der Waals surface area contributed by atoms with Crippen molar-refractivity contribution in [3.63, 3.8) is 0 Å². The number of allylic oxidation sites excluding steroid dienone is 1. The Labute approximate surface area is 254 Å². The maximum absolute atomic E-state index is 13.5. The third kappa shape index (κ3) is 5.77. The molecule has 2 N–H and O–H groups in total. The van der Waals surface area contributed by atoms with Gasteiger partial charge in [-0.3, -0.25) is 9.52 Å². The van der Waals surface area contributed by atoms with Gasteiger partial charge in [-0.25, -0.2) is 0 Å². The number of benzene rings is 2. The van der Waals surface area contributed by atoms with E-state index in [1.807, 2.05) is 30.3 Å². The Morgan fingerprint density at radius 1 is 1.20 bits per heavy atom. The molecule has 2 aliphatic heterocycles. The van der Waals surface area contributed by atoms with Crippen molar-refractivity contribution in [2.24, 2.45) is 23.7 Å². The minimum Gasteiger partial charge on any atom is -0.490 e. The van der Waals surface area contributed by atoms with E-state index in [1.165, 1.54) is 23.1 Å². The molecule has 4 aliphatic rings. The third-order valence-corrected chi connectivity index (χ3v) is 11.8. The molecule has 1 saturated carbocycles. The molecule has 2 aliphatic carbocycles. The van der Waals surface area contributed by atoms with Crippen molar-refractivity contribution in [3.8, 4) is 5.75 Å². The molecule has 41 heavy (non-hydrogen) atoms. The van der Waals surface area contributed by atoms with Crippen molar-refractivity contribution >= 4 is 35.1 Å². The van der Waals surface area contributed by atoms with Crippen molar-refractivity contribution in [2.75, 3.05) is 24.6 Å². The fraction of sp³-hybridized carbons (Fsp3) is 0.559. The van der Waals surface area contributed by atoms with Crippen LogP contribution in [0.2, 0.25) is 5.02 Å². The van der Waals surface area contributed by atoms with Crippen LogP contribution in [0.4, 0.5) is 5.69 Å². The number of carbonyl (C=O) groups is 1. The second kappa shape index (κ2) is 11.9. The Balaban J connectivity index is 1.39. The minimum absolute atomic E-state index is 0.0632. The number of ether oxygens (including phenoxy) is 1. The van der Waals surface area contributed by atoms with E-state index in [0.29, 0.717) is 29.9 Å². The van der Waals surface area contributed by atoms with Crippen LogP contribution in [-0.4, -0.2) is 42.1 Å². The van der Waals surface area contributed by atoms with Crippen LogP contribution in [0, 0.1) is 23.7 Å². The van der Waals surface area contributed by atoms with Gasteiger partial charge in [-0.15, -0.1) is 0 Å². The lowest BCUT2D eigenvalue weighted by atomic mass is 9.68. The molecule has 6 rings (SSSR count). The summed E-state index contributed by atoms with van der Waals surface area (Å²) >= 11 is 7.95. The fourth-order valence-corrected chi connectivity index (χ4v) is 8.78. The summed E-state index contributed by atoms with van der Waals surface area (Å²) < 4.78 is 9.79. The average Bonchev–Trinajstić information content (AvgIpc) is 3.07. The largest absolute Gasteiger partial charge is 0.490 e. The van der Waals surface area contributed by atoms with Gasteiger partial charge in [-0.05, 0) is 116 Å². The molecule has 2 bridgehead atoms. The van der Waals surface area contributed by atoms with E-state index in [-0.39, 0.29) is 22.5 Å². The second-order valence-electron chi connectivity index (χ2n) is 13.2. The molecule has 2 aromatic rings. The molecule has 7 heteroatoms. The standard InChI is InChI=1S/C34H43ClN2O3S/c1-21(2)32-22(3)6-4-8-30(38)27-12-9-25(27)18-37-19-34(15-5-7-23-16-26(35)11-13-28(23)34)20-40-31-14-10-24(17-29(31)37)33(39)36-41-32/h4,8,10-11,13-14,16-17,21-22,25,27,30,32,38H,5-7,9,12,15,18-20H2,1-3H3,(H,36,39)/b8-4-/t22-,25-,27+,30-,32+,34-/m0/s1. The summed E-state index contributed by atoms with van der Waals surface area (Å²) in [6.45, 7) is 8.90. The highest BCUT2D eigenvalue weighted by atomic mass is 35.5. The predicted molar refractivity (Wildman–Crippen MR) is 169 cm³/mol. The summed E-state index contributed by atoms with van der Waals surface area (Å²) in [6, 6.07) is 12.2. The van der Waals surface area contributed by atoms with Crippen molar-refractivity contribution in [1.29, 1.82) is 0 Å². The molecule has 0 radical (unpaired) electrons. The molecule has 5 nitrogen and oxygen atoms in total. The van der Waals surface area contributed by atoms with Crippen LogP contribution in [0.3, 0.4) is 0 Å². The smallest absolute Gasteiger partial charge is 0.261 e. The van der Waals surface area contributed by atoms with Gasteiger partial charge in [0.05, 0.1) is 18.4 Å². The summed E-state index contributed by atoms with van der Waals surface area (Å²) in [6.07, 6.45) is 9.96. The summed E-state index contributed by atoms with van der Waals surface area (Å²) in [5.74, 6) is 2.17. The predicted octanol–water partition coefficient (Wildman–Crippen LogP) is 7.20. The van der Waals surface area contributed by atoms with E-state index in [9.17, 15) is 9.90 Å². The zero-order chi connectivity index (χ0) is 28.7. The number of aryl methyl sites for hydroxylation is 1. The number of halogens is 1. The first kappa shape index (κ1) is 28.9. The maximum atomic E-state index is 13.5. The van der Waals surface area contributed by atoms with E-state index < -0.39 is 6.10 Å². The van der Waals surface area contributed by atoms with Gasteiger partial charge in [-0.1, -0.05) is 50.6 Å². The van der Waals surface area contributed by atoms with Crippen LogP contribution in [0.5, 0.6) is 5.75 Å². The molecule has 0 aromatic heterocycles. The van der Waals surface area contributed by atoms with Crippen molar-refractivity contribution in [2.45, 2.75) is 76.1 Å². The number of carbonyl (C=O) groups excluding carboxylic acids is 1. The van der Waals surface area contributed by atoms with Gasteiger partial charge in [0.15, 0.2) is 0 Å². The SMILES string of the molecule is CC(C)[C@H]1SNC(=O)c2ccc3c(c2)N(C[C@@H]2CC[C@H]2[C@@H](O)/C=C\C[C@@H]1C)C[C@@]1(CCCc2cc(Cl)ccc21)CO3. The number of nitrogens with zero attached hydrogens (tertiary/aromatic N) is 1. The van der Waals surface area contributed by atoms with Crippen LogP contribution in [0.15, 0.2) is 48.6 Å². The summed E-state index contributed by atoms with van der Waals surface area (Å²) in [4.78, 5) is 15.9. The molecule has 0 saturated heterocycles. The van der Waals surface area contributed by atoms with Crippen LogP contribution in [-0.2, 0) is 11.8 Å². The highest BCUT2D eigenvalue weighted by Crippen LogP contribution is 2.47. The van der Waals surface area contributed by atoms with E-state index >= 15 is 0 Å². The highest BCUT2D eigenvalue weighted by molar-refractivity contribution is 7.98. The lowest BCUT2D eigenvalue weighted by Crippen LogP contribution is -2.49. The van der Waals surface area contributed by atoms with Gasteiger partial charge in [-0.2, -0.15) is 0 Å². The lowest BCUT2D eigenvalue weighted by molar-refractivity contribution is 0.0455. The number of amides is 1. The molecule has 0 unspecified atom stereocenters. The van der Waals surface area contributed by atoms with Crippen LogP contribution >= 0.6 is 23.5 Å². The molecule has 1 spiro atoms. The van der Waals surface area contributed by atoms with Gasteiger partial charge in [0.2, 0.25) is 0 Å². The number of aliphatic hydroxyl groups is 1. The molecular formula is C34H43ClN2O3S. The van der Waals surface area contributed by atoms with Crippen LogP contribution < -0.4 is 14.4 Å². The Bertz CT molecular complexity index is 1310. The topological polar surface area (TPSA) is 61.8 Å². The summed E-state index contributed by atoms with van der Waals surface area (Å²) in [5.41, 5.74) is 4.14. The molecule has 6 atom stereocenters. The van der Waals surface area contributed by atoms with E-state index in [0.717, 1.165) is 68.1 Å². The Morgan fingerprint density at radius 3 is 2.83 bits per heavy atom. The first-order chi connectivity index (χ1) is 19.7. The highest BCUT2D eigenvalue weighted by Gasteiger charge is 2.44. The Kier molecular flexibility index (Phi) is 8.37. The normalized spacial score (nSPS) is 32.7. The number of aliphatic hydroxyl groups excluding tert-OH is 1. The van der Waals surface area contributed by atoms with Crippen molar-refractivity contribution in [3.05, 3.63) is 70.3 Å². The first-order valence-electron chi connectivity index (χ1n) is 15.4. The van der Waals surface area contributed by atoms with Gasteiger partial charge in [0.1, 0.15) is 5.75 Å². The van der Waals surface area contributed by atoms with Gasteiger partial charge < -0.3 is 14.7 Å². The molecular weight excluding hydrogens is 552 g/mol. The number of hydrogen-bond donors (Lipinski definition) is 2. The molecule has 220 valence electrons. The number of fused-ring (bicyclic) bond motifs is 4. The van der Waals surface area contributed by atoms with E-state index in [1.54, 1.807) is 0 Å². The molecule has 1 amide bonds. The number of nitrogens with one attached hydrogen (secondary N) is 1. The number of hydrogen-bond acceptors (Lipinski definition) is 5. The van der Waals surface area contributed by atoms with Gasteiger partial charge in [0, 0.05) is 34.3 Å². The summed E-state index contributed by atoms with van der Waals surface area (Å²) in [5, 5.41) is 12.3. The lowest BCUT2D eigenvalue weighted by Gasteiger charge is -2.45. The first-order valence-corrected chi connectivity index (χ1v) is 16.6. The Morgan fingerprint density at radius 2 is 2.05 bits per heavy atom. The average molecular weight is 595 g/mol. The van der Waals surface area contributed by atoms with E-state index in [2.05, 4.69) is 48.6 Å². The van der Waals surface area contributed by atoms with Crippen molar-refractivity contribution in [1.82, 2.24) is 4.72 Å². The maximum Gasteiger partial charge on any atom is 0.261 e. The zero-order valence-corrected chi connectivity index (χ0v) is 26.0. The van der Waals surface area contributed by atoms with Crippen molar-refractivity contribution < 1.29 is 14.6 Å². The fourth-order valence-electron chi connectivity index (χ4n) is 7.61. The number of anilines is 1. The molecule has 2 aromatic carbocycles. The zero-order valence-electron chi connectivity index (χ0n) is 24.4. The number of rotatable bonds is 1. The quantitative estimate of drug-likeness (QED) is 0.270. The molecule has 2 heterocycles. The third-order valence-electron chi connectivity index (χ3n) is 10.0. The Hall–Kier alpha value is -2.15. The van der Waals surface area contributed by atoms with E-state index in [4.69, 9.17) is 16.3 Å². The monoisotopic (exact) mass is 594 g/mol. The second-order valence-corrected chi connectivity index (χ2v) is 14.6. The van der Waals surface area contributed by atoms with Crippen LogP contribution in [0.25, 0.3) is 0 Å². The van der Waals surface area contributed by atoms with Gasteiger partial charge >= 0.3 is 0 Å². The van der Waals surface area contributed by atoms with Gasteiger partial charge in [0.25, 0.3) is 5.91 Å². The van der Waals surface area contributed by atoms with Crippen LogP contribution in [0.1, 0.15) is 74.4 Å². The summed E-state index contributed by atoms with van der Waals surface area (Å²) in [7, 11) is 0. The minimum atomic E-state index is -0.431.